The van der Waals surface area contributed by atoms with Gasteiger partial charge in [0, 0.05) is 18.3 Å². The summed E-state index contributed by atoms with van der Waals surface area (Å²) in [5, 5.41) is 14.0. The summed E-state index contributed by atoms with van der Waals surface area (Å²) >= 11 is 0. The highest BCUT2D eigenvalue weighted by Crippen LogP contribution is 2.22. The number of hydrogen-bond acceptors (Lipinski definition) is 3. The summed E-state index contributed by atoms with van der Waals surface area (Å²) in [6.45, 7) is 0.453. The summed E-state index contributed by atoms with van der Waals surface area (Å²) in [5.41, 5.74) is 2.84. The third-order valence-corrected chi connectivity index (χ3v) is 3.78. The van der Waals surface area contributed by atoms with Gasteiger partial charge in [-0.2, -0.15) is 5.26 Å². The predicted molar refractivity (Wildman–Crippen MR) is 88.3 cm³/mol. The molecule has 1 aromatic carbocycles. The molecule has 0 heterocycles. The van der Waals surface area contributed by atoms with Crippen LogP contribution in [-0.4, -0.2) is 11.8 Å². The van der Waals surface area contributed by atoms with Crippen LogP contribution < -0.4 is 10.6 Å². The quantitative estimate of drug-likeness (QED) is 0.820. The van der Waals surface area contributed by atoms with E-state index in [9.17, 15) is 9.59 Å². The van der Waals surface area contributed by atoms with E-state index in [1.54, 1.807) is 24.3 Å². The van der Waals surface area contributed by atoms with Crippen LogP contribution in [0.3, 0.4) is 0 Å². The van der Waals surface area contributed by atoms with Crippen LogP contribution in [0.2, 0.25) is 0 Å². The molecule has 2 N–H and O–H groups in total. The minimum absolute atomic E-state index is 0.0479. The number of anilines is 1. The van der Waals surface area contributed by atoms with Gasteiger partial charge in [0.25, 0.3) is 0 Å². The highest BCUT2D eigenvalue weighted by atomic mass is 16.2. The number of hydrogen-bond donors (Lipinski definition) is 2. The van der Waals surface area contributed by atoms with Gasteiger partial charge in [-0.1, -0.05) is 24.1 Å². The number of nitrogens with one attached hydrogen (secondary N) is 2. The van der Waals surface area contributed by atoms with Crippen molar-refractivity contribution in [1.82, 2.24) is 5.32 Å². The lowest BCUT2D eigenvalue weighted by Gasteiger charge is -2.13. The van der Waals surface area contributed by atoms with Gasteiger partial charge >= 0.3 is 0 Å². The smallest absolute Gasteiger partial charge is 0.244 e. The number of rotatable bonds is 5. The van der Waals surface area contributed by atoms with Crippen LogP contribution in [-0.2, 0) is 16.1 Å². The Kier molecular flexibility index (Phi) is 6.37. The minimum Gasteiger partial charge on any atom is -0.348 e. The first-order valence-corrected chi connectivity index (χ1v) is 7.90. The molecule has 0 radical (unpaired) electrons. The van der Waals surface area contributed by atoms with E-state index in [1.165, 1.54) is 24.8 Å². The van der Waals surface area contributed by atoms with Crippen molar-refractivity contribution in [3.63, 3.8) is 0 Å². The van der Waals surface area contributed by atoms with E-state index in [0.717, 1.165) is 18.4 Å². The Morgan fingerprint density at radius 1 is 1.13 bits per heavy atom. The lowest BCUT2D eigenvalue weighted by Crippen LogP contribution is -2.21. The van der Waals surface area contributed by atoms with Crippen LogP contribution >= 0.6 is 0 Å². The maximum Gasteiger partial charge on any atom is 0.244 e. The average molecular weight is 311 g/mol. The van der Waals surface area contributed by atoms with Gasteiger partial charge in [-0.05, 0) is 43.4 Å². The lowest BCUT2D eigenvalue weighted by atomic mass is 9.94. The van der Waals surface area contributed by atoms with Gasteiger partial charge in [0.1, 0.15) is 6.42 Å². The van der Waals surface area contributed by atoms with Gasteiger partial charge in [0.05, 0.1) is 6.07 Å². The van der Waals surface area contributed by atoms with Gasteiger partial charge in [-0.15, -0.1) is 0 Å². The fourth-order valence-electron chi connectivity index (χ4n) is 2.56. The molecule has 23 heavy (non-hydrogen) atoms. The summed E-state index contributed by atoms with van der Waals surface area (Å²) < 4.78 is 0. The molecule has 1 aliphatic rings. The molecule has 2 amide bonds. The Balaban J connectivity index is 1.80. The number of nitrogens with zero attached hydrogens (tertiary/aromatic N) is 1. The molecule has 0 aromatic heterocycles. The highest BCUT2D eigenvalue weighted by molar-refractivity contribution is 5.92. The molecule has 2 rings (SSSR count). The topological polar surface area (TPSA) is 82.0 Å². The minimum atomic E-state index is -0.326. The standard InChI is InChI=1S/C18H21N3O2/c19-11-10-17(22)21-16-8-6-15(7-9-16)13-20-18(23)12-14-4-2-1-3-5-14/h6-9,12H,1-5,10,13H2,(H,20,23)(H,21,22). The summed E-state index contributed by atoms with van der Waals surface area (Å²) in [6, 6.07) is 9.01. The monoisotopic (exact) mass is 311 g/mol. The number of benzene rings is 1. The van der Waals surface area contributed by atoms with Crippen molar-refractivity contribution >= 4 is 17.5 Å². The molecule has 0 saturated heterocycles. The van der Waals surface area contributed by atoms with Gasteiger partial charge in [0.2, 0.25) is 11.8 Å². The average Bonchev–Trinajstić information content (AvgIpc) is 2.55. The summed E-state index contributed by atoms with van der Waals surface area (Å²) in [5.74, 6) is -0.374. The first-order chi connectivity index (χ1) is 11.2. The van der Waals surface area contributed by atoms with Gasteiger partial charge < -0.3 is 10.6 Å². The van der Waals surface area contributed by atoms with E-state index >= 15 is 0 Å². The lowest BCUT2D eigenvalue weighted by molar-refractivity contribution is -0.117. The van der Waals surface area contributed by atoms with Crippen molar-refractivity contribution in [2.24, 2.45) is 0 Å². The molecule has 1 aromatic rings. The molecule has 1 fully saturated rings. The second kappa shape index (κ2) is 8.74. The molecule has 120 valence electrons. The van der Waals surface area contributed by atoms with E-state index in [0.29, 0.717) is 12.2 Å². The maximum atomic E-state index is 11.9. The Labute approximate surface area is 136 Å². The summed E-state index contributed by atoms with van der Waals surface area (Å²) in [4.78, 5) is 23.2. The van der Waals surface area contributed by atoms with Crippen molar-refractivity contribution in [2.75, 3.05) is 5.32 Å². The molecular weight excluding hydrogens is 290 g/mol. The zero-order valence-electron chi connectivity index (χ0n) is 13.1. The molecule has 0 aliphatic heterocycles. The van der Waals surface area contributed by atoms with Gasteiger partial charge in [-0.25, -0.2) is 0 Å². The first-order valence-electron chi connectivity index (χ1n) is 7.90. The van der Waals surface area contributed by atoms with Crippen LogP contribution in [0.25, 0.3) is 0 Å². The SMILES string of the molecule is N#CCC(=O)Nc1ccc(CNC(=O)C=C2CCCCC2)cc1. The molecular formula is C18H21N3O2. The molecule has 0 spiro atoms. The first kappa shape index (κ1) is 16.8. The molecule has 5 nitrogen and oxygen atoms in total. The van der Waals surface area contributed by atoms with Crippen molar-refractivity contribution in [3.05, 3.63) is 41.5 Å². The molecule has 0 bridgehead atoms. The van der Waals surface area contributed by atoms with Gasteiger partial charge in [0.15, 0.2) is 0 Å². The van der Waals surface area contributed by atoms with E-state index in [-0.39, 0.29) is 18.2 Å². The second-order valence-corrected chi connectivity index (χ2v) is 5.66. The van der Waals surface area contributed by atoms with Crippen molar-refractivity contribution in [2.45, 2.75) is 45.1 Å². The Morgan fingerprint density at radius 3 is 2.48 bits per heavy atom. The molecule has 0 unspecified atom stereocenters. The predicted octanol–water partition coefficient (Wildman–Crippen LogP) is 3.05. The Hall–Kier alpha value is -2.61. The summed E-state index contributed by atoms with van der Waals surface area (Å²) in [6.07, 6.45) is 7.25. The van der Waals surface area contributed by atoms with E-state index in [1.807, 2.05) is 12.1 Å². The highest BCUT2D eigenvalue weighted by Gasteiger charge is 2.07. The van der Waals surface area contributed by atoms with Crippen molar-refractivity contribution in [3.8, 4) is 6.07 Å². The van der Waals surface area contributed by atoms with Crippen LogP contribution in [0, 0.1) is 11.3 Å². The van der Waals surface area contributed by atoms with Gasteiger partial charge in [-0.3, -0.25) is 9.59 Å². The zero-order chi connectivity index (χ0) is 16.5. The number of carbonyl (C=O) groups is 2. The van der Waals surface area contributed by atoms with Crippen molar-refractivity contribution < 1.29 is 9.59 Å². The second-order valence-electron chi connectivity index (χ2n) is 5.66. The number of nitriles is 1. The third kappa shape index (κ3) is 5.95. The number of carbonyl (C=O) groups excluding carboxylic acids is 2. The zero-order valence-corrected chi connectivity index (χ0v) is 13.1. The van der Waals surface area contributed by atoms with E-state index in [4.69, 9.17) is 5.26 Å². The Bertz CT molecular complexity index is 619. The van der Waals surface area contributed by atoms with Crippen LogP contribution in [0.1, 0.15) is 44.1 Å². The van der Waals surface area contributed by atoms with E-state index in [2.05, 4.69) is 10.6 Å². The Morgan fingerprint density at radius 2 is 1.83 bits per heavy atom. The third-order valence-electron chi connectivity index (χ3n) is 3.78. The normalized spacial score (nSPS) is 13.8. The van der Waals surface area contributed by atoms with Crippen molar-refractivity contribution in [1.29, 1.82) is 5.26 Å². The fraction of sp³-hybridized carbons (Fsp3) is 0.389. The molecule has 1 aliphatic carbocycles. The molecule has 0 atom stereocenters. The van der Waals surface area contributed by atoms with E-state index < -0.39 is 0 Å². The van der Waals surface area contributed by atoms with Crippen LogP contribution in [0.4, 0.5) is 5.69 Å². The van der Waals surface area contributed by atoms with Crippen LogP contribution in [0.15, 0.2) is 35.9 Å². The largest absolute Gasteiger partial charge is 0.348 e. The number of amides is 2. The molecule has 1 saturated carbocycles. The van der Waals surface area contributed by atoms with Crippen LogP contribution in [0.5, 0.6) is 0 Å². The maximum absolute atomic E-state index is 11.9. The molecule has 5 heteroatoms. The summed E-state index contributed by atoms with van der Waals surface area (Å²) in [7, 11) is 0. The number of allylic oxidation sites excluding steroid dienone is 1. The fourth-order valence-corrected chi connectivity index (χ4v) is 2.56.